The maximum Gasteiger partial charge on any atom is 0.470 e. The second kappa shape index (κ2) is 6.05. The third-order valence-electron chi connectivity index (χ3n) is 2.56. The minimum Gasteiger partial charge on any atom is -0.387 e. The Morgan fingerprint density at radius 1 is 0.600 bits per heavy atom. The molecule has 8 N–H and O–H groups in total. The summed E-state index contributed by atoms with van der Waals surface area (Å²) in [5.41, 5.74) is 0. The molecule has 120 valence electrons. The highest BCUT2D eigenvalue weighted by Crippen LogP contribution is 2.45. The lowest BCUT2D eigenvalue weighted by Crippen LogP contribution is -2.64. The molecule has 1 fully saturated rings. The monoisotopic (exact) mass is 340 g/mol. The van der Waals surface area contributed by atoms with Crippen LogP contribution in [0.15, 0.2) is 0 Å². The van der Waals surface area contributed by atoms with Gasteiger partial charge in [0.1, 0.15) is 36.6 Å². The van der Waals surface area contributed by atoms with Gasteiger partial charge in [-0.3, -0.25) is 9.05 Å². The normalized spacial score (nSPS) is 39.8. The molecule has 1 aliphatic rings. The number of hydrogen-bond donors (Lipinski definition) is 8. The molecule has 0 bridgehead atoms. The van der Waals surface area contributed by atoms with Gasteiger partial charge in [0.2, 0.25) is 0 Å². The Labute approximate surface area is 111 Å². The van der Waals surface area contributed by atoms with Crippen molar-refractivity contribution in [2.45, 2.75) is 36.6 Å². The number of aliphatic hydroxyl groups excluding tert-OH is 4. The van der Waals surface area contributed by atoms with Gasteiger partial charge in [-0.05, 0) is 0 Å². The molecule has 0 aromatic heterocycles. The fraction of sp³-hybridized carbons (Fsp3) is 1.00. The number of phosphoric acid groups is 2. The van der Waals surface area contributed by atoms with Crippen molar-refractivity contribution in [1.82, 2.24) is 0 Å². The lowest BCUT2D eigenvalue weighted by atomic mass is 9.85. The molecule has 1 aliphatic carbocycles. The molecule has 1 saturated carbocycles. The predicted molar refractivity (Wildman–Crippen MR) is 57.9 cm³/mol. The summed E-state index contributed by atoms with van der Waals surface area (Å²) in [6, 6.07) is 0. The van der Waals surface area contributed by atoms with E-state index < -0.39 is 52.3 Å². The second-order valence-electron chi connectivity index (χ2n) is 4.08. The lowest BCUT2D eigenvalue weighted by Gasteiger charge is -2.42. The molecular weight excluding hydrogens is 326 g/mol. The molecule has 20 heavy (non-hydrogen) atoms. The molecule has 0 aliphatic heterocycles. The topological polar surface area (TPSA) is 214 Å². The molecule has 12 nitrogen and oxygen atoms in total. The van der Waals surface area contributed by atoms with E-state index in [1.165, 1.54) is 0 Å². The van der Waals surface area contributed by atoms with Crippen LogP contribution in [-0.4, -0.2) is 76.6 Å². The van der Waals surface area contributed by atoms with Gasteiger partial charge in [0, 0.05) is 0 Å². The maximum absolute atomic E-state index is 10.6. The van der Waals surface area contributed by atoms with Crippen molar-refractivity contribution in [1.29, 1.82) is 0 Å². The van der Waals surface area contributed by atoms with Crippen molar-refractivity contribution < 1.29 is 58.2 Å². The summed E-state index contributed by atoms with van der Waals surface area (Å²) in [6.07, 6.45) is -12.8. The molecule has 0 amide bonds. The van der Waals surface area contributed by atoms with Crippen LogP contribution in [0.2, 0.25) is 0 Å². The second-order valence-corrected chi connectivity index (χ2v) is 6.47. The Hall–Kier alpha value is 0.0600. The van der Waals surface area contributed by atoms with E-state index in [0.717, 1.165) is 0 Å². The Kier molecular flexibility index (Phi) is 5.48. The molecule has 0 radical (unpaired) electrons. The molecular formula is C6H14O12P2. The average Bonchev–Trinajstić information content (AvgIpc) is 2.25. The van der Waals surface area contributed by atoms with E-state index in [0.29, 0.717) is 0 Å². The van der Waals surface area contributed by atoms with Crippen LogP contribution in [0, 0.1) is 0 Å². The van der Waals surface area contributed by atoms with E-state index in [-0.39, 0.29) is 0 Å². The minimum atomic E-state index is -5.16. The Morgan fingerprint density at radius 2 is 0.800 bits per heavy atom. The van der Waals surface area contributed by atoms with E-state index in [9.17, 15) is 29.6 Å². The van der Waals surface area contributed by atoms with Crippen molar-refractivity contribution in [2.75, 3.05) is 0 Å². The zero-order valence-corrected chi connectivity index (χ0v) is 11.4. The predicted octanol–water partition coefficient (Wildman–Crippen LogP) is -3.60. The van der Waals surface area contributed by atoms with Crippen LogP contribution in [0.3, 0.4) is 0 Å². The van der Waals surface area contributed by atoms with Gasteiger partial charge in [0.25, 0.3) is 0 Å². The van der Waals surface area contributed by atoms with E-state index >= 15 is 0 Å². The van der Waals surface area contributed by atoms with Gasteiger partial charge in [-0.2, -0.15) is 0 Å². The van der Waals surface area contributed by atoms with Crippen molar-refractivity contribution in [3.63, 3.8) is 0 Å². The molecule has 0 aromatic carbocycles. The van der Waals surface area contributed by atoms with Crippen LogP contribution in [0.25, 0.3) is 0 Å². The number of rotatable bonds is 4. The molecule has 6 atom stereocenters. The first-order valence-electron chi connectivity index (χ1n) is 5.03. The maximum atomic E-state index is 10.6. The zero-order chi connectivity index (χ0) is 15.9. The summed E-state index contributed by atoms with van der Waals surface area (Å²) in [5.74, 6) is 0. The molecule has 0 saturated heterocycles. The van der Waals surface area contributed by atoms with Crippen LogP contribution in [0.4, 0.5) is 0 Å². The summed E-state index contributed by atoms with van der Waals surface area (Å²) in [5, 5.41) is 38.1. The smallest absolute Gasteiger partial charge is 0.387 e. The van der Waals surface area contributed by atoms with Gasteiger partial charge in [0.15, 0.2) is 0 Å². The van der Waals surface area contributed by atoms with Crippen LogP contribution in [0.1, 0.15) is 0 Å². The number of phosphoric ester groups is 2. The third kappa shape index (κ3) is 4.53. The molecule has 0 heterocycles. The van der Waals surface area contributed by atoms with Gasteiger partial charge >= 0.3 is 15.6 Å². The van der Waals surface area contributed by atoms with E-state index in [4.69, 9.17) is 19.6 Å². The SMILES string of the molecule is O=P(O)(O)OC1[C@@H](O)[C@H](O)C(OP(=O)(O)O)[C@H](O)[C@@H]1O. The fourth-order valence-electron chi connectivity index (χ4n) is 1.75. The Bertz CT molecular complexity index is 372. The molecule has 0 aromatic rings. The first-order valence-corrected chi connectivity index (χ1v) is 8.10. The van der Waals surface area contributed by atoms with Crippen LogP contribution >= 0.6 is 15.6 Å². The Morgan fingerprint density at radius 3 is 0.950 bits per heavy atom. The Balaban J connectivity index is 2.96. The van der Waals surface area contributed by atoms with Gasteiger partial charge in [-0.25, -0.2) is 9.13 Å². The first kappa shape index (κ1) is 18.1. The summed E-state index contributed by atoms with van der Waals surface area (Å²) in [4.78, 5) is 34.3. The average molecular weight is 340 g/mol. The van der Waals surface area contributed by atoms with Gasteiger partial charge in [-0.15, -0.1) is 0 Å². The summed E-state index contributed by atoms with van der Waals surface area (Å²) in [6.45, 7) is 0. The van der Waals surface area contributed by atoms with Crippen molar-refractivity contribution in [3.05, 3.63) is 0 Å². The summed E-state index contributed by atoms with van der Waals surface area (Å²) < 4.78 is 29.3. The highest BCUT2D eigenvalue weighted by atomic mass is 31.2. The van der Waals surface area contributed by atoms with Crippen LogP contribution < -0.4 is 0 Å². The van der Waals surface area contributed by atoms with E-state index in [2.05, 4.69) is 9.05 Å². The van der Waals surface area contributed by atoms with E-state index in [1.54, 1.807) is 0 Å². The van der Waals surface area contributed by atoms with E-state index in [1.807, 2.05) is 0 Å². The summed E-state index contributed by atoms with van der Waals surface area (Å²) in [7, 11) is -10.3. The van der Waals surface area contributed by atoms with Crippen molar-refractivity contribution >= 4 is 15.6 Å². The molecule has 1 rings (SSSR count). The number of hydrogen-bond acceptors (Lipinski definition) is 8. The first-order chi connectivity index (χ1) is 8.83. The largest absolute Gasteiger partial charge is 0.470 e. The van der Waals surface area contributed by atoms with Crippen molar-refractivity contribution in [3.8, 4) is 0 Å². The molecule has 0 spiro atoms. The number of aliphatic hydroxyl groups is 4. The zero-order valence-electron chi connectivity index (χ0n) is 9.57. The van der Waals surface area contributed by atoms with Gasteiger partial charge < -0.3 is 40.0 Å². The van der Waals surface area contributed by atoms with Crippen LogP contribution in [-0.2, 0) is 18.2 Å². The standard InChI is InChI=1S/C6H14O12P2/c7-1-2(8)6(18-20(14,15)16)4(10)3(9)5(1)17-19(11,12)13/h1-10H,(H2,11,12,13)(H2,14,15,16)/t1-,2-,3-,4+,5?,6?/m0/s1. The molecule has 14 heteroatoms. The highest BCUT2D eigenvalue weighted by Gasteiger charge is 2.53. The lowest BCUT2D eigenvalue weighted by molar-refractivity contribution is -0.215. The van der Waals surface area contributed by atoms with Gasteiger partial charge in [0.05, 0.1) is 0 Å². The minimum absolute atomic E-state index is 2.09. The van der Waals surface area contributed by atoms with Gasteiger partial charge in [-0.1, -0.05) is 0 Å². The third-order valence-corrected chi connectivity index (χ3v) is 3.60. The molecule has 2 unspecified atom stereocenters. The fourth-order valence-corrected chi connectivity index (χ4v) is 2.88. The highest BCUT2D eigenvalue weighted by molar-refractivity contribution is 7.46. The quantitative estimate of drug-likeness (QED) is 0.233. The van der Waals surface area contributed by atoms with Crippen molar-refractivity contribution in [2.24, 2.45) is 0 Å². The summed E-state index contributed by atoms with van der Waals surface area (Å²) >= 11 is 0. The van der Waals surface area contributed by atoms with Crippen LogP contribution in [0.5, 0.6) is 0 Å².